The summed E-state index contributed by atoms with van der Waals surface area (Å²) in [5.74, 6) is -1.57. The van der Waals surface area contributed by atoms with E-state index >= 15 is 0 Å². The fourth-order valence-corrected chi connectivity index (χ4v) is 4.68. The highest BCUT2D eigenvalue weighted by Gasteiger charge is 2.38. The van der Waals surface area contributed by atoms with Crippen LogP contribution in [0.4, 0.5) is 21.0 Å². The lowest BCUT2D eigenvalue weighted by Crippen LogP contribution is -2.61. The fraction of sp³-hybridized carbons (Fsp3) is 0.385. The van der Waals surface area contributed by atoms with Crippen LogP contribution in [-0.2, 0) is 27.5 Å². The molecule has 16 nitrogen and oxygen atoms in total. The predicted molar refractivity (Wildman–Crippen MR) is 143 cm³/mol. The van der Waals surface area contributed by atoms with Gasteiger partial charge in [0, 0.05) is 56.0 Å². The molecular weight excluding hydrogens is 556 g/mol. The number of carbonyl (C=O) groups excluding carboxylic acids is 4. The molecule has 0 bridgehead atoms. The van der Waals surface area contributed by atoms with Crippen LogP contribution in [0, 0.1) is 20.2 Å². The molecule has 2 saturated heterocycles. The average Bonchev–Trinajstić information content (AvgIpc) is 3.53. The minimum Gasteiger partial charge on any atom is -0.445 e. The molecule has 1 unspecified atom stereocenters. The molecule has 0 aliphatic carbocycles. The molecule has 0 radical (unpaired) electrons. The van der Waals surface area contributed by atoms with Gasteiger partial charge in [0.15, 0.2) is 0 Å². The number of amides is 4. The third-order valence-electron chi connectivity index (χ3n) is 6.99. The van der Waals surface area contributed by atoms with Gasteiger partial charge in [-0.25, -0.2) is 9.59 Å². The number of ether oxygens (including phenoxy) is 2. The molecule has 2 aromatic carbocycles. The number of non-ortho nitro benzene ring substituents is 2. The van der Waals surface area contributed by atoms with Crippen molar-refractivity contribution in [1.29, 1.82) is 0 Å². The Balaban J connectivity index is 1.45. The zero-order valence-electron chi connectivity index (χ0n) is 22.4. The van der Waals surface area contributed by atoms with Crippen LogP contribution in [0.3, 0.4) is 0 Å². The smallest absolute Gasteiger partial charge is 0.410 e. The third-order valence-corrected chi connectivity index (χ3v) is 6.99. The molecule has 2 aliphatic heterocycles. The minimum absolute atomic E-state index is 0.0507. The van der Waals surface area contributed by atoms with Crippen molar-refractivity contribution in [3.63, 3.8) is 0 Å². The molecule has 222 valence electrons. The molecule has 2 aromatic rings. The molecular formula is C26H28N6O10. The number of likely N-dealkylation sites (tertiary alicyclic amines) is 1. The summed E-state index contributed by atoms with van der Waals surface area (Å²) >= 11 is 0. The molecule has 4 rings (SSSR count). The van der Waals surface area contributed by atoms with Crippen molar-refractivity contribution in [2.75, 3.05) is 32.7 Å². The second kappa shape index (κ2) is 12.9. The second-order valence-electron chi connectivity index (χ2n) is 9.69. The molecule has 2 fully saturated rings. The minimum atomic E-state index is -1.26. The zero-order chi connectivity index (χ0) is 30.4. The Morgan fingerprint density at radius 3 is 2.05 bits per heavy atom. The quantitative estimate of drug-likeness (QED) is 0.353. The number of nitrogens with two attached hydrogens (primary N) is 1. The van der Waals surface area contributed by atoms with E-state index < -0.39 is 39.9 Å². The van der Waals surface area contributed by atoms with E-state index in [1.165, 1.54) is 46.2 Å². The number of benzene rings is 2. The Labute approximate surface area is 238 Å². The van der Waals surface area contributed by atoms with E-state index in [2.05, 4.69) is 0 Å². The first-order valence-electron chi connectivity index (χ1n) is 13.0. The Hall–Kier alpha value is -5.28. The van der Waals surface area contributed by atoms with E-state index in [0.29, 0.717) is 18.7 Å². The van der Waals surface area contributed by atoms with Crippen molar-refractivity contribution in [2.45, 2.75) is 32.1 Å². The molecule has 2 aliphatic rings. The molecule has 2 heterocycles. The van der Waals surface area contributed by atoms with E-state index in [4.69, 9.17) is 15.2 Å². The van der Waals surface area contributed by atoms with Crippen LogP contribution in [0.2, 0.25) is 0 Å². The van der Waals surface area contributed by atoms with Gasteiger partial charge in [-0.1, -0.05) is 0 Å². The highest BCUT2D eigenvalue weighted by atomic mass is 16.6. The number of nitro groups is 2. The van der Waals surface area contributed by atoms with Crippen molar-refractivity contribution in [3.05, 3.63) is 79.4 Å². The maximum Gasteiger partial charge on any atom is 0.410 e. The highest BCUT2D eigenvalue weighted by Crippen LogP contribution is 2.23. The van der Waals surface area contributed by atoms with Crippen LogP contribution in [0.15, 0.2) is 42.5 Å². The van der Waals surface area contributed by atoms with Crippen molar-refractivity contribution < 1.29 is 38.5 Å². The number of primary amides is 1. The summed E-state index contributed by atoms with van der Waals surface area (Å²) in [5, 5.41) is 22.2. The van der Waals surface area contributed by atoms with Crippen molar-refractivity contribution in [1.82, 2.24) is 14.7 Å². The van der Waals surface area contributed by atoms with Gasteiger partial charge in [0.25, 0.3) is 17.3 Å². The van der Waals surface area contributed by atoms with Gasteiger partial charge in [-0.05, 0) is 36.6 Å². The topological polar surface area (TPSA) is 209 Å². The van der Waals surface area contributed by atoms with Crippen molar-refractivity contribution in [3.8, 4) is 0 Å². The Morgan fingerprint density at radius 1 is 0.810 bits per heavy atom. The van der Waals surface area contributed by atoms with Gasteiger partial charge < -0.3 is 25.0 Å². The number of piperazine rings is 1. The van der Waals surface area contributed by atoms with Gasteiger partial charge >= 0.3 is 12.2 Å². The largest absolute Gasteiger partial charge is 0.445 e. The van der Waals surface area contributed by atoms with Gasteiger partial charge in [0.2, 0.25) is 5.91 Å². The fourth-order valence-electron chi connectivity index (χ4n) is 4.68. The molecule has 16 heteroatoms. The highest BCUT2D eigenvalue weighted by molar-refractivity contribution is 5.97. The number of rotatable bonds is 8. The molecule has 0 aromatic heterocycles. The lowest BCUT2D eigenvalue weighted by molar-refractivity contribution is -0.385. The van der Waals surface area contributed by atoms with Gasteiger partial charge in [-0.15, -0.1) is 0 Å². The molecule has 2 N–H and O–H groups in total. The van der Waals surface area contributed by atoms with Crippen LogP contribution in [0.5, 0.6) is 0 Å². The summed E-state index contributed by atoms with van der Waals surface area (Å²) in [4.78, 5) is 75.8. The summed E-state index contributed by atoms with van der Waals surface area (Å²) in [6, 6.07) is 7.71. The monoisotopic (exact) mass is 584 g/mol. The lowest BCUT2D eigenvalue weighted by atomic mass is 10.0. The molecule has 42 heavy (non-hydrogen) atoms. The number of carbonyl (C=O) groups is 4. The normalized spacial score (nSPS) is 16.6. The van der Waals surface area contributed by atoms with Crippen LogP contribution in [0.25, 0.3) is 0 Å². The predicted octanol–water partition coefficient (Wildman–Crippen LogP) is 2.18. The average molecular weight is 585 g/mol. The van der Waals surface area contributed by atoms with E-state index in [-0.39, 0.29) is 55.3 Å². The summed E-state index contributed by atoms with van der Waals surface area (Å²) in [6.07, 6.45) is 0.273. The number of hydrogen-bond acceptors (Lipinski definition) is 10. The molecule has 1 atom stereocenters. The Kier molecular flexibility index (Phi) is 9.14. The van der Waals surface area contributed by atoms with E-state index in [1.54, 1.807) is 0 Å². The van der Waals surface area contributed by atoms with Crippen molar-refractivity contribution in [2.24, 2.45) is 5.73 Å². The van der Waals surface area contributed by atoms with Crippen molar-refractivity contribution >= 4 is 35.4 Å². The third kappa shape index (κ3) is 6.89. The van der Waals surface area contributed by atoms with E-state index in [1.807, 2.05) is 0 Å². The zero-order valence-corrected chi connectivity index (χ0v) is 22.4. The van der Waals surface area contributed by atoms with Crippen LogP contribution in [-0.4, -0.2) is 87.3 Å². The summed E-state index contributed by atoms with van der Waals surface area (Å²) in [5.41, 5.74) is 5.68. The van der Waals surface area contributed by atoms with Crippen LogP contribution >= 0.6 is 0 Å². The SMILES string of the molecule is NC(=O)C1CN(C(=O)c2cc([N+](=O)[O-])ccc2COC(=O)N2CCCC2)CCN1C(=O)OCc1ccc([N+](=O)[O-])cc1. The summed E-state index contributed by atoms with van der Waals surface area (Å²) in [7, 11) is 0. The first-order chi connectivity index (χ1) is 20.0. The maximum absolute atomic E-state index is 13.5. The first kappa shape index (κ1) is 29.7. The first-order valence-corrected chi connectivity index (χ1v) is 13.0. The van der Waals surface area contributed by atoms with Gasteiger partial charge in [-0.3, -0.25) is 34.7 Å². The van der Waals surface area contributed by atoms with E-state index in [0.717, 1.165) is 23.8 Å². The van der Waals surface area contributed by atoms with Crippen LogP contribution < -0.4 is 5.73 Å². The van der Waals surface area contributed by atoms with Gasteiger partial charge in [-0.2, -0.15) is 0 Å². The van der Waals surface area contributed by atoms with Gasteiger partial charge in [0.05, 0.1) is 22.0 Å². The molecule has 4 amide bonds. The molecule has 0 spiro atoms. The standard InChI is InChI=1S/C26H28N6O10/c27-23(33)22-14-29(11-12-30(22)26(36)41-15-17-3-6-19(7-4-17)31(37)38)24(34)21-13-20(32(39)40)8-5-18(21)16-42-25(35)28-9-1-2-10-28/h3-8,13,22H,1-2,9-12,14-16H2,(H2,27,33). The van der Waals surface area contributed by atoms with E-state index in [9.17, 15) is 39.4 Å². The summed E-state index contributed by atoms with van der Waals surface area (Å²) < 4.78 is 10.6. The lowest BCUT2D eigenvalue weighted by Gasteiger charge is -2.39. The molecule has 0 saturated carbocycles. The Bertz CT molecular complexity index is 1390. The summed E-state index contributed by atoms with van der Waals surface area (Å²) in [6.45, 7) is 0.0886. The maximum atomic E-state index is 13.5. The number of nitrogens with zero attached hydrogens (tertiary/aromatic N) is 5. The van der Waals surface area contributed by atoms with Gasteiger partial charge in [0.1, 0.15) is 19.3 Å². The van der Waals surface area contributed by atoms with Crippen LogP contribution in [0.1, 0.15) is 34.3 Å². The Morgan fingerprint density at radius 2 is 1.43 bits per heavy atom. The number of hydrogen-bond donors (Lipinski definition) is 1. The second-order valence-corrected chi connectivity index (χ2v) is 9.69. The number of nitro benzene ring substituents is 2.